The number of hydrogen-bond acceptors (Lipinski definition) is 10. The average molecular weight is 997 g/mol. The molecule has 0 bridgehead atoms. The van der Waals surface area contributed by atoms with Gasteiger partial charge < -0.3 is 28.6 Å². The van der Waals surface area contributed by atoms with E-state index in [1.807, 2.05) is 0 Å². The number of carbonyl (C=O) groups is 1. The van der Waals surface area contributed by atoms with E-state index < -0.39 is 0 Å². The van der Waals surface area contributed by atoms with Gasteiger partial charge in [-0.15, -0.1) is 34.0 Å². The fourth-order valence-corrected chi connectivity index (χ4v) is 11.6. The number of rotatable bonds is 23. The summed E-state index contributed by atoms with van der Waals surface area (Å²) in [4.78, 5) is 23.0. The maximum Gasteiger partial charge on any atom is 0.349 e. The van der Waals surface area contributed by atoms with Crippen molar-refractivity contribution in [3.8, 4) is 75.2 Å². The smallest absolute Gasteiger partial charge is 0.349 e. The maximum absolute atomic E-state index is 11.1. The first-order valence-corrected chi connectivity index (χ1v) is 26.9. The zero-order chi connectivity index (χ0) is 48.8. The summed E-state index contributed by atoms with van der Waals surface area (Å²) in [5, 5.41) is 0. The minimum atomic E-state index is -0.139. The van der Waals surface area contributed by atoms with Crippen LogP contribution < -0.4 is 23.8 Å². The van der Waals surface area contributed by atoms with E-state index in [0.717, 1.165) is 76.2 Å². The van der Waals surface area contributed by atoms with Crippen molar-refractivity contribution in [2.24, 2.45) is 0 Å². The van der Waals surface area contributed by atoms with Crippen molar-refractivity contribution < 1.29 is 28.5 Å². The molecule has 0 N–H and O–H groups in total. The van der Waals surface area contributed by atoms with Crippen LogP contribution in [0, 0.1) is 6.57 Å². The maximum atomic E-state index is 11.1. The zero-order valence-corrected chi connectivity index (χ0v) is 42.5. The fourth-order valence-electron chi connectivity index (χ4n) is 8.44. The highest BCUT2D eigenvalue weighted by Gasteiger charge is 2.26. The van der Waals surface area contributed by atoms with Crippen molar-refractivity contribution in [3.63, 3.8) is 0 Å². The van der Waals surface area contributed by atoms with Gasteiger partial charge in [-0.25, -0.2) is 0 Å². The first-order chi connectivity index (χ1) is 35.0. The molecule has 1 aliphatic heterocycles. The van der Waals surface area contributed by atoms with Crippen LogP contribution in [0.15, 0.2) is 151 Å². The Balaban J connectivity index is 0.972. The number of hydrogen-bond donors (Lipinski definition) is 0. The topological polar surface area (TPSA) is 70.8 Å². The van der Waals surface area contributed by atoms with Crippen molar-refractivity contribution in [2.75, 3.05) is 31.3 Å². The Bertz CT molecular complexity index is 2910. The van der Waals surface area contributed by atoms with Gasteiger partial charge in [-0.05, 0) is 150 Å². The fraction of sp³-hybridized carbons (Fsp3) is 0.233. The SMILES string of the molecule is [C-]#[N+]/C(=C\c1sc(-c2ccc(N(c3ccc(-c4ccc(-c5ccc(OCCCCCC)cc5)s4)cc3)c3ccc(-c4ccc(-c5ccc(OCCCCCC)cc5)s4)cc3)cc2)c2c1OCCO2)OC=O. The zero-order valence-electron chi connectivity index (χ0n) is 40.1. The van der Waals surface area contributed by atoms with Gasteiger partial charge in [-0.2, -0.15) is 4.85 Å². The molecule has 71 heavy (non-hydrogen) atoms. The summed E-state index contributed by atoms with van der Waals surface area (Å²) >= 11 is 4.99. The molecule has 0 amide bonds. The van der Waals surface area contributed by atoms with Crippen LogP contribution >= 0.6 is 34.0 Å². The average Bonchev–Trinajstić information content (AvgIpc) is 4.20. The highest BCUT2D eigenvalue weighted by atomic mass is 32.1. The van der Waals surface area contributed by atoms with Gasteiger partial charge in [0.2, 0.25) is 0 Å². The minimum Gasteiger partial charge on any atom is -0.494 e. The number of unbranched alkanes of at least 4 members (excludes halogenated alkanes) is 6. The van der Waals surface area contributed by atoms with Crippen LogP contribution in [0.1, 0.15) is 70.1 Å². The first kappa shape index (κ1) is 48.9. The van der Waals surface area contributed by atoms with E-state index >= 15 is 0 Å². The van der Waals surface area contributed by atoms with E-state index in [9.17, 15) is 4.79 Å². The lowest BCUT2D eigenvalue weighted by Gasteiger charge is -2.26. The standard InChI is InChI=1S/C60H56N2O6S3/c1-4-6-8-10-36-64-50-28-18-44(19-29-50)54-34-32-52(69-54)42-12-22-47(23-13-42)62(49-26-16-46(17-27-49)60-59-58(66-38-39-67-59)56(71-60)40-57(61-3)68-41-63)48-24-14-43(15-25-48)53-33-35-55(70-53)45-20-30-51(31-21-45)65-37-11-9-7-5-2/h12-35,40-41H,4-11,36-39H2,1-2H3/b57-40+. The second-order valence-corrected chi connectivity index (χ2v) is 20.3. The molecular weight excluding hydrogens is 941 g/mol. The van der Waals surface area contributed by atoms with E-state index in [-0.39, 0.29) is 12.4 Å². The van der Waals surface area contributed by atoms with Gasteiger partial charge in [0, 0.05) is 42.6 Å². The van der Waals surface area contributed by atoms with Gasteiger partial charge in [0.1, 0.15) is 24.7 Å². The predicted octanol–water partition coefficient (Wildman–Crippen LogP) is 17.8. The molecule has 0 unspecified atom stereocenters. The number of carbonyl (C=O) groups excluding carboxylic acids is 1. The van der Waals surface area contributed by atoms with Crippen LogP contribution in [0.4, 0.5) is 17.1 Å². The number of fused-ring (bicyclic) bond motifs is 1. The van der Waals surface area contributed by atoms with Crippen molar-refractivity contribution in [3.05, 3.63) is 168 Å². The molecule has 8 nitrogen and oxygen atoms in total. The van der Waals surface area contributed by atoms with E-state index in [0.29, 0.717) is 29.6 Å². The summed E-state index contributed by atoms with van der Waals surface area (Å²) in [7, 11) is 0. The van der Waals surface area contributed by atoms with Gasteiger partial charge in [-0.1, -0.05) is 88.8 Å². The Kier molecular flexibility index (Phi) is 16.6. The van der Waals surface area contributed by atoms with Crippen LogP contribution in [0.25, 0.3) is 63.1 Å². The molecule has 0 fully saturated rings. The van der Waals surface area contributed by atoms with Crippen LogP contribution in [0.5, 0.6) is 23.0 Å². The summed E-state index contributed by atoms with van der Waals surface area (Å²) in [6, 6.07) is 51.7. The van der Waals surface area contributed by atoms with Crippen LogP contribution in [0.2, 0.25) is 0 Å². The van der Waals surface area contributed by atoms with E-state index in [1.54, 1.807) is 22.7 Å². The first-order valence-electron chi connectivity index (χ1n) is 24.4. The van der Waals surface area contributed by atoms with Crippen molar-refractivity contribution in [1.29, 1.82) is 0 Å². The molecule has 0 spiro atoms. The van der Waals surface area contributed by atoms with Gasteiger partial charge in [0.15, 0.2) is 11.5 Å². The number of ether oxygens (including phenoxy) is 5. The lowest BCUT2D eigenvalue weighted by atomic mass is 10.1. The molecular formula is C60H56N2O6S3. The molecule has 3 aromatic heterocycles. The summed E-state index contributed by atoms with van der Waals surface area (Å²) in [5.74, 6) is 2.85. The number of thiophene rings is 3. The van der Waals surface area contributed by atoms with Crippen LogP contribution in [0.3, 0.4) is 0 Å². The predicted molar refractivity (Wildman–Crippen MR) is 294 cm³/mol. The number of nitrogens with zero attached hydrogens (tertiary/aromatic N) is 2. The minimum absolute atomic E-state index is 0.139. The van der Waals surface area contributed by atoms with Crippen molar-refractivity contribution in [2.45, 2.75) is 65.2 Å². The monoisotopic (exact) mass is 996 g/mol. The normalized spacial score (nSPS) is 12.0. The van der Waals surface area contributed by atoms with Crippen LogP contribution in [-0.2, 0) is 9.53 Å². The molecule has 360 valence electrons. The highest BCUT2D eigenvalue weighted by molar-refractivity contribution is 7.19. The molecule has 1 aliphatic rings. The molecule has 0 radical (unpaired) electrons. The Hall–Kier alpha value is -7.10. The molecule has 0 aliphatic carbocycles. The Morgan fingerprint density at radius 3 is 1.35 bits per heavy atom. The molecule has 4 heterocycles. The highest BCUT2D eigenvalue weighted by Crippen LogP contribution is 2.51. The quantitative estimate of drug-likeness (QED) is 0.0274. The van der Waals surface area contributed by atoms with Gasteiger partial charge in [0.25, 0.3) is 6.47 Å². The lowest BCUT2D eigenvalue weighted by Crippen LogP contribution is -2.15. The van der Waals surface area contributed by atoms with E-state index in [1.165, 1.54) is 86.6 Å². The van der Waals surface area contributed by atoms with Gasteiger partial charge in [0.05, 0.1) is 29.5 Å². The molecule has 0 saturated carbocycles. The lowest BCUT2D eigenvalue weighted by molar-refractivity contribution is -0.124. The Labute approximate surface area is 429 Å². The largest absolute Gasteiger partial charge is 0.494 e. The number of benzene rings is 5. The second kappa shape index (κ2) is 24.1. The molecule has 0 saturated heterocycles. The summed E-state index contributed by atoms with van der Waals surface area (Å²) < 4.78 is 29.1. The third-order valence-corrected chi connectivity index (χ3v) is 15.7. The Morgan fingerprint density at radius 1 is 0.535 bits per heavy atom. The van der Waals surface area contributed by atoms with Gasteiger partial charge >= 0.3 is 5.88 Å². The molecule has 8 aromatic rings. The summed E-state index contributed by atoms with van der Waals surface area (Å²) in [6.45, 7) is 14.5. The Morgan fingerprint density at radius 2 is 0.944 bits per heavy atom. The van der Waals surface area contributed by atoms with E-state index in [4.69, 9.17) is 30.3 Å². The van der Waals surface area contributed by atoms with Crippen molar-refractivity contribution >= 4 is 63.6 Å². The third kappa shape index (κ3) is 12.1. The van der Waals surface area contributed by atoms with E-state index in [2.05, 4.69) is 169 Å². The summed E-state index contributed by atoms with van der Waals surface area (Å²) in [6.07, 6.45) is 11.0. The second-order valence-electron chi connectivity index (χ2n) is 17.1. The van der Waals surface area contributed by atoms with Crippen LogP contribution in [-0.4, -0.2) is 32.9 Å². The molecule has 5 aromatic carbocycles. The van der Waals surface area contributed by atoms with Crippen molar-refractivity contribution in [1.82, 2.24) is 0 Å². The van der Waals surface area contributed by atoms with Gasteiger partial charge in [-0.3, -0.25) is 4.79 Å². The number of anilines is 3. The molecule has 11 heteroatoms. The molecule has 9 rings (SSSR count). The molecule has 0 atom stereocenters. The third-order valence-electron chi connectivity index (χ3n) is 12.2. The summed E-state index contributed by atoms with van der Waals surface area (Å²) in [5.41, 5.74) is 8.59.